The molecule has 4 atom stereocenters. The van der Waals surface area contributed by atoms with E-state index in [2.05, 4.69) is 5.32 Å². The van der Waals surface area contributed by atoms with Crippen LogP contribution in [0.2, 0.25) is 4.31 Å². The number of urea groups is 1. The van der Waals surface area contributed by atoms with Crippen LogP contribution < -0.4 is 9.78 Å². The number of carbonyl (C=O) groups is 2. The first-order chi connectivity index (χ1) is 11.4. The number of hydrogen-bond acceptors (Lipinski definition) is 5. The van der Waals surface area contributed by atoms with Crippen molar-refractivity contribution in [1.29, 1.82) is 0 Å². The van der Waals surface area contributed by atoms with Crippen LogP contribution in [0.5, 0.6) is 0 Å². The fraction of sp³-hybridized carbons (Fsp3) is 0.500. The molecule has 2 aliphatic heterocycles. The van der Waals surface area contributed by atoms with Crippen molar-refractivity contribution in [1.82, 2.24) is 10.2 Å². The molecule has 0 saturated carbocycles. The summed E-state index contributed by atoms with van der Waals surface area (Å²) >= 11 is -0.176. The van der Waals surface area contributed by atoms with Gasteiger partial charge in [0, 0.05) is 0 Å². The van der Waals surface area contributed by atoms with E-state index in [1.165, 1.54) is 4.90 Å². The van der Waals surface area contributed by atoms with Crippen LogP contribution in [0.3, 0.4) is 0 Å². The minimum atomic E-state index is -0.823. The van der Waals surface area contributed by atoms with E-state index in [1.54, 1.807) is 0 Å². The number of carbonyl (C=O) groups excluding carboxylic acids is 2. The zero-order chi connectivity index (χ0) is 17.3. The van der Waals surface area contributed by atoms with Crippen molar-refractivity contribution in [3.8, 4) is 0 Å². The molecule has 1 aromatic rings. The topological polar surface area (TPSA) is 99.1 Å². The molecule has 2 saturated heterocycles. The third-order valence-corrected chi connectivity index (χ3v) is 6.92. The van der Waals surface area contributed by atoms with Gasteiger partial charge in [0.15, 0.2) is 0 Å². The summed E-state index contributed by atoms with van der Waals surface area (Å²) in [6.07, 6.45) is -1.94. The summed E-state index contributed by atoms with van der Waals surface area (Å²) in [5, 5.41) is 21.5. The van der Waals surface area contributed by atoms with E-state index in [0.717, 1.165) is 4.46 Å². The molecule has 0 aliphatic carbocycles. The quantitative estimate of drug-likeness (QED) is 0.577. The maximum atomic E-state index is 12.4. The molecule has 24 heavy (non-hydrogen) atoms. The maximum absolute atomic E-state index is 12.4. The van der Waals surface area contributed by atoms with Gasteiger partial charge in [-0.25, -0.2) is 0 Å². The van der Waals surface area contributed by atoms with E-state index < -0.39 is 28.8 Å². The summed E-state index contributed by atoms with van der Waals surface area (Å²) in [6, 6.07) is 9.19. The summed E-state index contributed by atoms with van der Waals surface area (Å²) < 4.78 is 5.91. The number of hydrogen-bond donors (Lipinski definition) is 3. The Morgan fingerprint density at radius 1 is 1.38 bits per heavy atom. The van der Waals surface area contributed by atoms with Crippen molar-refractivity contribution in [2.45, 2.75) is 36.1 Å². The van der Waals surface area contributed by atoms with Gasteiger partial charge in [0.25, 0.3) is 0 Å². The normalized spacial score (nSPS) is 33.6. The average molecular weight is 399 g/mol. The second-order valence-corrected chi connectivity index (χ2v) is 9.46. The predicted molar refractivity (Wildman–Crippen MR) is 86.8 cm³/mol. The number of aliphatic hydroxyl groups excluding tert-OH is 2. The summed E-state index contributed by atoms with van der Waals surface area (Å²) in [5.74, 6) is -0.287. The van der Waals surface area contributed by atoms with Gasteiger partial charge < -0.3 is 0 Å². The van der Waals surface area contributed by atoms with Crippen LogP contribution in [-0.2, 0) is 9.53 Å². The molecule has 1 aromatic carbocycles. The van der Waals surface area contributed by atoms with Crippen LogP contribution in [0, 0.1) is 0 Å². The Hall–Kier alpha value is -1.44. The molecule has 3 rings (SSSR count). The average Bonchev–Trinajstić information content (AvgIpc) is 2.93. The molecule has 7 nitrogen and oxygen atoms in total. The van der Waals surface area contributed by atoms with Crippen molar-refractivity contribution in [3.63, 3.8) is 0 Å². The Morgan fingerprint density at radius 2 is 2.08 bits per heavy atom. The van der Waals surface area contributed by atoms with E-state index in [0.29, 0.717) is 0 Å². The van der Waals surface area contributed by atoms with Gasteiger partial charge in [-0.15, -0.1) is 0 Å². The number of aliphatic hydroxyl groups is 2. The van der Waals surface area contributed by atoms with E-state index in [-0.39, 0.29) is 40.4 Å². The van der Waals surface area contributed by atoms with Crippen molar-refractivity contribution in [2.24, 2.45) is 0 Å². The van der Waals surface area contributed by atoms with Gasteiger partial charge >= 0.3 is 146 Å². The molecular weight excluding hydrogens is 379 g/mol. The molecule has 2 aliphatic rings. The molecule has 0 radical (unpaired) electrons. The van der Waals surface area contributed by atoms with Gasteiger partial charge in [-0.1, -0.05) is 0 Å². The predicted octanol–water partition coefficient (Wildman–Crippen LogP) is -0.785. The summed E-state index contributed by atoms with van der Waals surface area (Å²) in [6.45, 7) is 1.75. The fourth-order valence-corrected chi connectivity index (χ4v) is 5.34. The molecular formula is C16H20N2O5Se. The third kappa shape index (κ3) is 3.34. The van der Waals surface area contributed by atoms with Crippen LogP contribution in [0.1, 0.15) is 13.3 Å². The second kappa shape index (κ2) is 6.82. The molecule has 2 heterocycles. The number of benzene rings is 1. The van der Waals surface area contributed by atoms with E-state index in [4.69, 9.17) is 4.74 Å². The minimum absolute atomic E-state index is 0.176. The number of amides is 3. The fourth-order valence-electron chi connectivity index (χ4n) is 2.90. The summed E-state index contributed by atoms with van der Waals surface area (Å²) in [5.41, 5.74) is 0. The zero-order valence-corrected chi connectivity index (χ0v) is 14.9. The monoisotopic (exact) mass is 400 g/mol. The van der Waals surface area contributed by atoms with Crippen molar-refractivity contribution >= 4 is 31.4 Å². The number of rotatable bonds is 4. The molecule has 3 amide bonds. The molecule has 130 valence electrons. The molecule has 0 spiro atoms. The van der Waals surface area contributed by atoms with E-state index in [1.807, 2.05) is 37.3 Å². The van der Waals surface area contributed by atoms with Crippen molar-refractivity contribution in [2.75, 3.05) is 13.2 Å². The summed E-state index contributed by atoms with van der Waals surface area (Å²) in [7, 11) is 0. The standard InChI is InChI=1S/C16H20N2O5Se/c1-16(24-10-5-3-2-4-6-10)9-18(15(22)17-14(16)21)13-7-11(20)12(8-19)23-13/h2-6,11-13,19-20H,7-9H2,1H3,(H,17,21,22)/t11-,12+,13+,16-/m0/s1. The van der Waals surface area contributed by atoms with Crippen LogP contribution >= 0.6 is 0 Å². The van der Waals surface area contributed by atoms with E-state index >= 15 is 0 Å². The Morgan fingerprint density at radius 3 is 2.71 bits per heavy atom. The number of imide groups is 1. The molecule has 2 fully saturated rings. The Kier molecular flexibility index (Phi) is 4.94. The van der Waals surface area contributed by atoms with Crippen LogP contribution in [0.25, 0.3) is 0 Å². The van der Waals surface area contributed by atoms with Crippen LogP contribution in [0.15, 0.2) is 30.3 Å². The third-order valence-electron chi connectivity index (χ3n) is 4.25. The summed E-state index contributed by atoms with van der Waals surface area (Å²) in [4.78, 5) is 26.1. The van der Waals surface area contributed by atoms with Crippen LogP contribution in [0.4, 0.5) is 4.79 Å². The van der Waals surface area contributed by atoms with Gasteiger partial charge in [0.1, 0.15) is 0 Å². The first kappa shape index (κ1) is 17.4. The molecule has 3 N–H and O–H groups in total. The molecule has 0 unspecified atom stereocenters. The van der Waals surface area contributed by atoms with Gasteiger partial charge in [0.05, 0.1) is 0 Å². The molecule has 0 aromatic heterocycles. The number of nitrogens with one attached hydrogen (secondary N) is 1. The Balaban J connectivity index is 1.77. The second-order valence-electron chi connectivity index (χ2n) is 6.15. The Bertz CT molecular complexity index is 628. The number of nitrogens with zero attached hydrogens (tertiary/aromatic N) is 1. The van der Waals surface area contributed by atoms with Gasteiger partial charge in [-0.3, -0.25) is 0 Å². The van der Waals surface area contributed by atoms with E-state index in [9.17, 15) is 19.8 Å². The van der Waals surface area contributed by atoms with Gasteiger partial charge in [0.2, 0.25) is 0 Å². The van der Waals surface area contributed by atoms with Gasteiger partial charge in [-0.05, 0) is 0 Å². The molecule has 8 heteroatoms. The first-order valence-electron chi connectivity index (χ1n) is 7.73. The van der Waals surface area contributed by atoms with Crippen molar-refractivity contribution in [3.05, 3.63) is 30.3 Å². The zero-order valence-electron chi connectivity index (χ0n) is 13.2. The number of ether oxygens (including phenoxy) is 1. The van der Waals surface area contributed by atoms with Gasteiger partial charge in [-0.2, -0.15) is 0 Å². The Labute approximate surface area is 146 Å². The molecule has 0 bridgehead atoms. The SMILES string of the molecule is C[C@]1([Se]c2ccccc2)CN([C@H]2C[C@H](O)[C@@H](CO)O2)C(=O)NC1=O. The van der Waals surface area contributed by atoms with Crippen LogP contribution in [-0.4, -0.2) is 73.6 Å². The van der Waals surface area contributed by atoms with Crippen molar-refractivity contribution < 1.29 is 24.5 Å². The first-order valence-corrected chi connectivity index (χ1v) is 9.45.